The molecule has 1 aliphatic carbocycles. The van der Waals surface area contributed by atoms with Gasteiger partial charge in [-0.3, -0.25) is 4.79 Å². The normalized spacial score (nSPS) is 19.9. The van der Waals surface area contributed by atoms with Gasteiger partial charge < -0.3 is 4.74 Å². The van der Waals surface area contributed by atoms with Crippen LogP contribution in [0.5, 0.6) is 0 Å². The molecule has 2 aromatic carbocycles. The minimum atomic E-state index is -0.772. The molecule has 6 nitrogen and oxygen atoms in total. The summed E-state index contributed by atoms with van der Waals surface area (Å²) in [7, 11) is 0. The number of amides is 1. The standard InChI is InChI=1S/C28H22ClF2N3O3/c29-27-23(5-2-14-32-27)28(36)37-16-24(35)34-26(18-8-12-21(31)13-9-18)22-4-1-3-19(25(22)33-34)15-17-6-10-20(30)11-7-17/h2,5-15,22,26H,1,3-4,16H2. The first-order valence-corrected chi connectivity index (χ1v) is 12.2. The fraction of sp³-hybridized carbons (Fsp3) is 0.214. The first-order valence-electron chi connectivity index (χ1n) is 11.8. The SMILES string of the molecule is O=C(OCC(=O)N1N=C2C(=Cc3ccc(F)cc3)CCCC2C1c1ccc(F)cc1)c1cccnc1Cl. The van der Waals surface area contributed by atoms with Gasteiger partial charge in [0.25, 0.3) is 5.91 Å². The zero-order valence-electron chi connectivity index (χ0n) is 19.6. The van der Waals surface area contributed by atoms with Gasteiger partial charge in [0.05, 0.1) is 17.3 Å². The maximum atomic E-state index is 13.7. The third kappa shape index (κ3) is 5.29. The summed E-state index contributed by atoms with van der Waals surface area (Å²) in [5.74, 6) is -2.13. The van der Waals surface area contributed by atoms with Crippen molar-refractivity contribution in [3.8, 4) is 0 Å². The predicted molar refractivity (Wildman–Crippen MR) is 135 cm³/mol. The van der Waals surface area contributed by atoms with Crippen molar-refractivity contribution in [3.63, 3.8) is 0 Å². The Kier molecular flexibility index (Phi) is 7.10. The minimum Gasteiger partial charge on any atom is -0.452 e. The Hall–Kier alpha value is -3.91. The summed E-state index contributed by atoms with van der Waals surface area (Å²) < 4.78 is 32.3. The van der Waals surface area contributed by atoms with Crippen LogP contribution in [0.1, 0.15) is 46.8 Å². The average Bonchev–Trinajstić information content (AvgIpc) is 3.30. The lowest BCUT2D eigenvalue weighted by Crippen LogP contribution is -2.34. The van der Waals surface area contributed by atoms with Crippen LogP contribution in [0.25, 0.3) is 6.08 Å². The molecular weight excluding hydrogens is 500 g/mol. The molecular formula is C28H22ClF2N3O3. The van der Waals surface area contributed by atoms with E-state index in [2.05, 4.69) is 10.1 Å². The van der Waals surface area contributed by atoms with E-state index in [1.165, 1.54) is 41.5 Å². The second-order valence-electron chi connectivity index (χ2n) is 8.86. The summed E-state index contributed by atoms with van der Waals surface area (Å²) >= 11 is 5.96. The Balaban J connectivity index is 1.44. The molecule has 2 heterocycles. The molecule has 0 bridgehead atoms. The lowest BCUT2D eigenvalue weighted by molar-refractivity contribution is -0.137. The summed E-state index contributed by atoms with van der Waals surface area (Å²) in [5, 5.41) is 6.00. The summed E-state index contributed by atoms with van der Waals surface area (Å²) in [6, 6.07) is 14.6. The van der Waals surface area contributed by atoms with E-state index in [4.69, 9.17) is 16.3 Å². The quantitative estimate of drug-likeness (QED) is 0.305. The molecule has 2 unspecified atom stereocenters. The van der Waals surface area contributed by atoms with Gasteiger partial charge in [0.15, 0.2) is 6.61 Å². The van der Waals surface area contributed by atoms with Crippen LogP contribution < -0.4 is 0 Å². The molecule has 2 atom stereocenters. The van der Waals surface area contributed by atoms with Crippen LogP contribution in [0.2, 0.25) is 5.15 Å². The maximum Gasteiger partial charge on any atom is 0.341 e. The van der Waals surface area contributed by atoms with Gasteiger partial charge >= 0.3 is 5.97 Å². The summed E-state index contributed by atoms with van der Waals surface area (Å²) in [5.41, 5.74) is 3.30. The first-order chi connectivity index (χ1) is 17.9. The highest BCUT2D eigenvalue weighted by Gasteiger charge is 2.43. The monoisotopic (exact) mass is 521 g/mol. The topological polar surface area (TPSA) is 71.9 Å². The van der Waals surface area contributed by atoms with Gasteiger partial charge in [0.1, 0.15) is 16.8 Å². The average molecular weight is 522 g/mol. The van der Waals surface area contributed by atoms with Crippen molar-refractivity contribution in [2.45, 2.75) is 25.3 Å². The number of esters is 1. The van der Waals surface area contributed by atoms with E-state index in [9.17, 15) is 18.4 Å². The van der Waals surface area contributed by atoms with E-state index in [1.807, 2.05) is 6.08 Å². The van der Waals surface area contributed by atoms with Gasteiger partial charge in [-0.05, 0) is 78.4 Å². The van der Waals surface area contributed by atoms with Crippen molar-refractivity contribution in [1.82, 2.24) is 9.99 Å². The number of halogens is 3. The number of allylic oxidation sites excluding steroid dienone is 1. The fourth-order valence-corrected chi connectivity index (χ4v) is 4.97. The number of rotatable bonds is 5. The number of carbonyl (C=O) groups is 2. The van der Waals surface area contributed by atoms with Crippen LogP contribution in [-0.4, -0.2) is 34.2 Å². The third-order valence-corrected chi connectivity index (χ3v) is 6.79. The lowest BCUT2D eigenvalue weighted by atomic mass is 9.77. The largest absolute Gasteiger partial charge is 0.452 e. The third-order valence-electron chi connectivity index (χ3n) is 6.49. The Morgan fingerprint density at radius 2 is 1.76 bits per heavy atom. The Morgan fingerprint density at radius 1 is 1.05 bits per heavy atom. The highest BCUT2D eigenvalue weighted by Crippen LogP contribution is 2.44. The molecule has 2 aliphatic rings. The molecule has 3 aromatic rings. The van der Waals surface area contributed by atoms with E-state index in [1.54, 1.807) is 30.3 Å². The molecule has 37 heavy (non-hydrogen) atoms. The zero-order chi connectivity index (χ0) is 25.9. The smallest absolute Gasteiger partial charge is 0.341 e. The number of carbonyl (C=O) groups excluding carboxylic acids is 2. The summed E-state index contributed by atoms with van der Waals surface area (Å²) in [6.45, 7) is -0.553. The molecule has 0 spiro atoms. The summed E-state index contributed by atoms with van der Waals surface area (Å²) in [4.78, 5) is 29.6. The summed E-state index contributed by atoms with van der Waals surface area (Å²) in [6.07, 6.45) is 5.78. The number of fused-ring (bicyclic) bond motifs is 1. The van der Waals surface area contributed by atoms with E-state index < -0.39 is 24.5 Å². The number of pyridine rings is 1. The minimum absolute atomic E-state index is 0.0212. The number of benzene rings is 2. The van der Waals surface area contributed by atoms with Gasteiger partial charge in [-0.2, -0.15) is 5.10 Å². The van der Waals surface area contributed by atoms with Crippen LogP contribution in [-0.2, 0) is 9.53 Å². The van der Waals surface area contributed by atoms with E-state index in [0.29, 0.717) is 0 Å². The van der Waals surface area contributed by atoms with Gasteiger partial charge in [-0.25, -0.2) is 23.6 Å². The van der Waals surface area contributed by atoms with Crippen LogP contribution in [0.3, 0.4) is 0 Å². The van der Waals surface area contributed by atoms with Crippen molar-refractivity contribution >= 4 is 35.3 Å². The molecule has 9 heteroatoms. The molecule has 0 radical (unpaired) electrons. The number of hydrazone groups is 1. The Labute approximate surface area is 217 Å². The van der Waals surface area contributed by atoms with Gasteiger partial charge in [0.2, 0.25) is 0 Å². The second-order valence-corrected chi connectivity index (χ2v) is 9.22. The molecule has 1 amide bonds. The molecule has 0 saturated heterocycles. The van der Waals surface area contributed by atoms with E-state index in [0.717, 1.165) is 41.7 Å². The predicted octanol–water partition coefficient (Wildman–Crippen LogP) is 5.99. The molecule has 1 fully saturated rings. The number of nitrogens with zero attached hydrogens (tertiary/aromatic N) is 3. The van der Waals surface area contributed by atoms with Crippen molar-refractivity contribution in [2.75, 3.05) is 6.61 Å². The van der Waals surface area contributed by atoms with Crippen molar-refractivity contribution < 1.29 is 23.1 Å². The zero-order valence-corrected chi connectivity index (χ0v) is 20.4. The van der Waals surface area contributed by atoms with E-state index >= 15 is 0 Å². The Morgan fingerprint density at radius 3 is 2.46 bits per heavy atom. The van der Waals surface area contributed by atoms with Gasteiger partial charge in [-0.15, -0.1) is 0 Å². The first kappa shape index (κ1) is 24.8. The van der Waals surface area contributed by atoms with Crippen LogP contribution in [0, 0.1) is 17.6 Å². The van der Waals surface area contributed by atoms with Crippen LogP contribution >= 0.6 is 11.6 Å². The van der Waals surface area contributed by atoms with Gasteiger partial charge in [0, 0.05) is 12.1 Å². The van der Waals surface area contributed by atoms with E-state index in [-0.39, 0.29) is 28.3 Å². The number of hydrogen-bond donors (Lipinski definition) is 0. The van der Waals surface area contributed by atoms with Crippen LogP contribution in [0.4, 0.5) is 8.78 Å². The van der Waals surface area contributed by atoms with Crippen LogP contribution in [0.15, 0.2) is 77.5 Å². The highest BCUT2D eigenvalue weighted by molar-refractivity contribution is 6.32. The van der Waals surface area contributed by atoms with Crippen molar-refractivity contribution in [2.24, 2.45) is 11.0 Å². The molecule has 188 valence electrons. The molecule has 1 aromatic heterocycles. The highest BCUT2D eigenvalue weighted by atomic mass is 35.5. The molecule has 1 aliphatic heterocycles. The number of aromatic nitrogens is 1. The second kappa shape index (κ2) is 10.6. The van der Waals surface area contributed by atoms with Crippen molar-refractivity contribution in [3.05, 3.63) is 106 Å². The molecule has 5 rings (SSSR count). The fourth-order valence-electron chi connectivity index (χ4n) is 4.77. The number of ether oxygens (including phenoxy) is 1. The molecule has 1 saturated carbocycles. The van der Waals surface area contributed by atoms with Crippen molar-refractivity contribution in [1.29, 1.82) is 0 Å². The molecule has 0 N–H and O–H groups in total. The Bertz CT molecular complexity index is 1390. The van der Waals surface area contributed by atoms with Gasteiger partial charge in [-0.1, -0.05) is 35.9 Å². The number of hydrogen-bond acceptors (Lipinski definition) is 5. The lowest BCUT2D eigenvalue weighted by Gasteiger charge is -2.29. The maximum absolute atomic E-state index is 13.7.